The van der Waals surface area contributed by atoms with Gasteiger partial charge in [-0.15, -0.1) is 0 Å². The summed E-state index contributed by atoms with van der Waals surface area (Å²) < 4.78 is 11.3. The number of aryl methyl sites for hydroxylation is 1. The number of likely N-dealkylation sites (tertiary alicyclic amines) is 1. The summed E-state index contributed by atoms with van der Waals surface area (Å²) in [7, 11) is 3.81. The van der Waals surface area contributed by atoms with Crippen LogP contribution in [0.2, 0.25) is 0 Å². The molecular weight excluding hydrogens is 444 g/mol. The lowest BCUT2D eigenvalue weighted by atomic mass is 9.94. The molecule has 0 spiro atoms. The lowest BCUT2D eigenvalue weighted by Crippen LogP contribution is -2.35. The van der Waals surface area contributed by atoms with E-state index in [1.807, 2.05) is 51.0 Å². The van der Waals surface area contributed by atoms with Crippen LogP contribution in [0.1, 0.15) is 36.1 Å². The number of carbonyl (C=O) groups excluding carboxylic acids is 2. The van der Waals surface area contributed by atoms with Gasteiger partial charge in [0.1, 0.15) is 23.9 Å². The maximum atomic E-state index is 13.2. The highest BCUT2D eigenvalue weighted by Crippen LogP contribution is 2.40. The number of rotatable bonds is 11. The lowest BCUT2D eigenvalue weighted by molar-refractivity contribution is -0.140. The van der Waals surface area contributed by atoms with Gasteiger partial charge in [-0.25, -0.2) is 0 Å². The Hall–Kier alpha value is -3.58. The average molecular weight is 479 g/mol. The quantitative estimate of drug-likeness (QED) is 0.224. The first-order valence-corrected chi connectivity index (χ1v) is 11.8. The minimum absolute atomic E-state index is 0.0823. The summed E-state index contributed by atoms with van der Waals surface area (Å²) in [4.78, 5) is 29.7. The highest BCUT2D eigenvalue weighted by molar-refractivity contribution is 6.46. The number of hydrogen-bond acceptors (Lipinski definition) is 6. The molecule has 1 fully saturated rings. The Labute approximate surface area is 207 Å². The van der Waals surface area contributed by atoms with Crippen LogP contribution < -0.4 is 9.47 Å². The number of ketones is 1. The van der Waals surface area contributed by atoms with Gasteiger partial charge >= 0.3 is 0 Å². The first kappa shape index (κ1) is 26.0. The standard InChI is InChI=1S/C28H34N2O5/c1-6-16-34-21-10-8-20(9-11-21)25-24(27(32)28(33)30(25)15-14-29(4)5)26(31)23-13-12-22(18-19(23)3)35-17-7-2/h6,8-13,18,25,31H,1,7,14-17H2,2-5H3/b26-24+. The van der Waals surface area contributed by atoms with Crippen LogP contribution in [0.15, 0.2) is 60.7 Å². The Morgan fingerprint density at radius 3 is 2.40 bits per heavy atom. The molecule has 35 heavy (non-hydrogen) atoms. The zero-order valence-corrected chi connectivity index (χ0v) is 20.9. The van der Waals surface area contributed by atoms with Crippen molar-refractivity contribution in [1.29, 1.82) is 0 Å². The van der Waals surface area contributed by atoms with E-state index in [4.69, 9.17) is 9.47 Å². The second kappa shape index (κ2) is 11.7. The second-order valence-corrected chi connectivity index (χ2v) is 8.79. The van der Waals surface area contributed by atoms with E-state index in [1.54, 1.807) is 30.3 Å². The van der Waals surface area contributed by atoms with Crippen LogP contribution in [0.4, 0.5) is 0 Å². The van der Waals surface area contributed by atoms with Crippen molar-refractivity contribution in [2.24, 2.45) is 0 Å². The smallest absolute Gasteiger partial charge is 0.295 e. The van der Waals surface area contributed by atoms with Crippen LogP contribution in [0, 0.1) is 6.92 Å². The molecule has 7 nitrogen and oxygen atoms in total. The third kappa shape index (κ3) is 5.92. The van der Waals surface area contributed by atoms with E-state index in [-0.39, 0.29) is 11.3 Å². The highest BCUT2D eigenvalue weighted by atomic mass is 16.5. The minimum atomic E-state index is -0.709. The Bertz CT molecular complexity index is 1100. The molecule has 0 radical (unpaired) electrons. The fourth-order valence-electron chi connectivity index (χ4n) is 4.02. The number of likely N-dealkylation sites (N-methyl/N-ethyl adjacent to an activating group) is 1. The van der Waals surface area contributed by atoms with Gasteiger partial charge in [-0.3, -0.25) is 9.59 Å². The molecule has 0 aliphatic carbocycles. The molecule has 1 saturated heterocycles. The maximum absolute atomic E-state index is 13.2. The topological polar surface area (TPSA) is 79.3 Å². The second-order valence-electron chi connectivity index (χ2n) is 8.79. The Balaban J connectivity index is 2.07. The molecular formula is C28H34N2O5. The highest BCUT2D eigenvalue weighted by Gasteiger charge is 2.46. The average Bonchev–Trinajstić information content (AvgIpc) is 3.09. The Kier molecular flexibility index (Phi) is 8.71. The van der Waals surface area contributed by atoms with Crippen molar-refractivity contribution in [3.63, 3.8) is 0 Å². The molecule has 1 aliphatic rings. The maximum Gasteiger partial charge on any atom is 0.295 e. The first-order chi connectivity index (χ1) is 16.8. The van der Waals surface area contributed by atoms with Gasteiger partial charge in [0.25, 0.3) is 11.7 Å². The molecule has 3 rings (SSSR count). The number of Topliss-reactive ketones (excluding diaryl/α,β-unsaturated/α-hetero) is 1. The zero-order chi connectivity index (χ0) is 25.5. The van der Waals surface area contributed by atoms with E-state index in [0.29, 0.717) is 43.4 Å². The molecule has 1 aliphatic heterocycles. The van der Waals surface area contributed by atoms with Crippen LogP contribution in [0.3, 0.4) is 0 Å². The van der Waals surface area contributed by atoms with E-state index < -0.39 is 17.7 Å². The van der Waals surface area contributed by atoms with Gasteiger partial charge in [0.15, 0.2) is 0 Å². The van der Waals surface area contributed by atoms with Crippen LogP contribution >= 0.6 is 0 Å². The van der Waals surface area contributed by atoms with Gasteiger partial charge < -0.3 is 24.4 Å². The summed E-state index contributed by atoms with van der Waals surface area (Å²) in [6.45, 7) is 9.41. The van der Waals surface area contributed by atoms with E-state index in [9.17, 15) is 14.7 Å². The van der Waals surface area contributed by atoms with Crippen LogP contribution in [0.5, 0.6) is 11.5 Å². The molecule has 0 bridgehead atoms. The molecule has 1 atom stereocenters. The molecule has 1 heterocycles. The number of carbonyl (C=O) groups is 2. The zero-order valence-electron chi connectivity index (χ0n) is 20.9. The fourth-order valence-corrected chi connectivity index (χ4v) is 4.02. The summed E-state index contributed by atoms with van der Waals surface area (Å²) in [5.74, 6) is -0.154. The molecule has 2 aromatic rings. The number of aliphatic hydroxyl groups is 1. The van der Waals surface area contributed by atoms with Crippen LogP contribution in [-0.4, -0.2) is 67.0 Å². The van der Waals surface area contributed by atoms with Crippen LogP contribution in [0.25, 0.3) is 5.76 Å². The van der Waals surface area contributed by atoms with Gasteiger partial charge in [0.05, 0.1) is 18.2 Å². The lowest BCUT2D eigenvalue weighted by Gasteiger charge is -2.26. The number of benzene rings is 2. The number of amides is 1. The van der Waals surface area contributed by atoms with E-state index in [0.717, 1.165) is 17.5 Å². The summed E-state index contributed by atoms with van der Waals surface area (Å²) in [6, 6.07) is 11.8. The van der Waals surface area contributed by atoms with Gasteiger partial charge in [0, 0.05) is 18.7 Å². The molecule has 1 N–H and O–H groups in total. The van der Waals surface area contributed by atoms with Gasteiger partial charge in [-0.2, -0.15) is 0 Å². The minimum Gasteiger partial charge on any atom is -0.507 e. The fraction of sp³-hybridized carbons (Fsp3) is 0.357. The number of ether oxygens (including phenoxy) is 2. The largest absolute Gasteiger partial charge is 0.507 e. The molecule has 186 valence electrons. The van der Waals surface area contributed by atoms with Crippen molar-refractivity contribution in [3.8, 4) is 11.5 Å². The van der Waals surface area contributed by atoms with Crippen molar-refractivity contribution in [2.45, 2.75) is 26.3 Å². The van der Waals surface area contributed by atoms with Crippen molar-refractivity contribution in [2.75, 3.05) is 40.4 Å². The molecule has 0 saturated carbocycles. The summed E-state index contributed by atoms with van der Waals surface area (Å²) in [5, 5.41) is 11.3. The van der Waals surface area contributed by atoms with E-state index in [1.165, 1.54) is 4.90 Å². The van der Waals surface area contributed by atoms with E-state index in [2.05, 4.69) is 6.58 Å². The normalized spacial score (nSPS) is 17.2. The number of aliphatic hydroxyl groups excluding tert-OH is 1. The monoisotopic (exact) mass is 478 g/mol. The molecule has 7 heteroatoms. The Morgan fingerprint density at radius 1 is 1.11 bits per heavy atom. The SMILES string of the molecule is C=CCOc1ccc(C2/C(=C(\O)c3ccc(OCCC)cc3C)C(=O)C(=O)N2CCN(C)C)cc1. The third-order valence-electron chi connectivity index (χ3n) is 5.82. The third-order valence-corrected chi connectivity index (χ3v) is 5.82. The number of hydrogen-bond donors (Lipinski definition) is 1. The van der Waals surface area contributed by atoms with E-state index >= 15 is 0 Å². The molecule has 1 unspecified atom stereocenters. The molecule has 2 aromatic carbocycles. The van der Waals surface area contributed by atoms with Crippen molar-refractivity contribution in [3.05, 3.63) is 77.4 Å². The predicted molar refractivity (Wildman–Crippen MR) is 137 cm³/mol. The molecule has 1 amide bonds. The summed E-state index contributed by atoms with van der Waals surface area (Å²) in [5.41, 5.74) is 2.05. The van der Waals surface area contributed by atoms with Crippen molar-refractivity contribution >= 4 is 17.4 Å². The Morgan fingerprint density at radius 2 is 1.80 bits per heavy atom. The van der Waals surface area contributed by atoms with Crippen molar-refractivity contribution < 1.29 is 24.2 Å². The van der Waals surface area contributed by atoms with Gasteiger partial charge in [-0.1, -0.05) is 31.7 Å². The molecule has 0 aromatic heterocycles. The number of nitrogens with zero attached hydrogens (tertiary/aromatic N) is 2. The van der Waals surface area contributed by atoms with Crippen LogP contribution in [-0.2, 0) is 9.59 Å². The predicted octanol–water partition coefficient (Wildman–Crippen LogP) is 4.33. The first-order valence-electron chi connectivity index (χ1n) is 11.8. The van der Waals surface area contributed by atoms with Gasteiger partial charge in [-0.05, 0) is 68.9 Å². The van der Waals surface area contributed by atoms with Gasteiger partial charge in [0.2, 0.25) is 0 Å². The summed E-state index contributed by atoms with van der Waals surface area (Å²) in [6.07, 6.45) is 2.54. The van der Waals surface area contributed by atoms with Crippen molar-refractivity contribution in [1.82, 2.24) is 9.80 Å². The summed E-state index contributed by atoms with van der Waals surface area (Å²) >= 11 is 0.